The monoisotopic (exact) mass is 694 g/mol. The van der Waals surface area contributed by atoms with Crippen LogP contribution in [0.4, 0.5) is 0 Å². The fraction of sp³-hybridized carbons (Fsp3) is 0.0588. The number of thiophene rings is 1. The van der Waals surface area contributed by atoms with E-state index in [-0.39, 0.29) is 0 Å². The lowest BCUT2D eigenvalue weighted by Crippen LogP contribution is -1.93. The summed E-state index contributed by atoms with van der Waals surface area (Å²) in [7, 11) is 0. The topological polar surface area (TPSA) is 13.1 Å². The van der Waals surface area contributed by atoms with Gasteiger partial charge in [-0.05, 0) is 107 Å². The summed E-state index contributed by atoms with van der Waals surface area (Å²) in [6, 6.07) is 58.4. The van der Waals surface area contributed by atoms with Crippen LogP contribution in [-0.4, -0.2) is 0 Å². The number of rotatable bonds is 4. The maximum atomic E-state index is 6.36. The van der Waals surface area contributed by atoms with Gasteiger partial charge in [-0.25, -0.2) is 0 Å². The summed E-state index contributed by atoms with van der Waals surface area (Å²) in [5.41, 5.74) is 9.65. The van der Waals surface area contributed by atoms with Crippen LogP contribution >= 0.6 is 11.3 Å². The van der Waals surface area contributed by atoms with Crippen molar-refractivity contribution in [3.05, 3.63) is 170 Å². The van der Waals surface area contributed by atoms with Crippen molar-refractivity contribution in [1.29, 1.82) is 0 Å². The van der Waals surface area contributed by atoms with E-state index in [9.17, 15) is 0 Å². The largest absolute Gasteiger partial charge is 0.463 e. The molecule has 0 N–H and O–H groups in total. The van der Waals surface area contributed by atoms with Crippen molar-refractivity contribution in [3.63, 3.8) is 0 Å². The molecule has 2 heteroatoms. The lowest BCUT2D eigenvalue weighted by Gasteiger charge is -2.19. The molecule has 0 aliphatic heterocycles. The Morgan fingerprint density at radius 3 is 1.79 bits per heavy atom. The Balaban J connectivity index is 1.20. The molecule has 0 atom stereocenters. The van der Waals surface area contributed by atoms with E-state index in [1.165, 1.54) is 102 Å². The SMILES string of the molecule is CC(C)c1c2ccc(-c3c4ccccc4c(-c4cccc5sc6cc7ccccc7cc6c45)c4ccccc34)cc2cc2c(-c3ccccc3)coc12. The summed E-state index contributed by atoms with van der Waals surface area (Å²) in [5.74, 6) is 0.302. The molecule has 0 aliphatic carbocycles. The Bertz CT molecular complexity index is 3190. The quantitative estimate of drug-likeness (QED) is 0.167. The standard InChI is InChI=1S/C51H34OS/c1-30(2)47-36-24-23-34(25-35(36)27-42-44(29-52-51(42)47)31-13-4-3-5-14-31)48-37-17-8-10-19-39(37)49(40-20-11-9-18-38(40)48)41-21-12-22-45-50(41)43-26-32-15-6-7-16-33(32)28-46(43)53-45/h3-30H,1-2H3. The first-order valence-electron chi connectivity index (χ1n) is 18.4. The smallest absolute Gasteiger partial charge is 0.138 e. The highest BCUT2D eigenvalue weighted by atomic mass is 32.1. The zero-order valence-electron chi connectivity index (χ0n) is 29.5. The van der Waals surface area contributed by atoms with Gasteiger partial charge < -0.3 is 4.42 Å². The van der Waals surface area contributed by atoms with Gasteiger partial charge in [-0.1, -0.05) is 141 Å². The number of furan rings is 1. The maximum Gasteiger partial charge on any atom is 0.138 e. The van der Waals surface area contributed by atoms with Gasteiger partial charge >= 0.3 is 0 Å². The molecular weight excluding hydrogens is 661 g/mol. The van der Waals surface area contributed by atoms with E-state index >= 15 is 0 Å². The van der Waals surface area contributed by atoms with Crippen LogP contribution in [0.25, 0.3) is 108 Å². The summed E-state index contributed by atoms with van der Waals surface area (Å²) >= 11 is 1.89. The molecule has 11 rings (SSSR count). The molecular formula is C51H34OS. The van der Waals surface area contributed by atoms with Crippen molar-refractivity contribution >= 4 is 85.6 Å². The number of hydrogen-bond donors (Lipinski definition) is 0. The second kappa shape index (κ2) is 11.6. The van der Waals surface area contributed by atoms with Crippen molar-refractivity contribution < 1.29 is 4.42 Å². The number of fused-ring (bicyclic) bond motifs is 8. The van der Waals surface area contributed by atoms with Gasteiger partial charge in [0.2, 0.25) is 0 Å². The predicted octanol–water partition coefficient (Wildman–Crippen LogP) is 15.5. The molecule has 0 unspecified atom stereocenters. The van der Waals surface area contributed by atoms with Crippen LogP contribution in [0.15, 0.2) is 168 Å². The minimum Gasteiger partial charge on any atom is -0.463 e. The van der Waals surface area contributed by atoms with E-state index < -0.39 is 0 Å². The van der Waals surface area contributed by atoms with E-state index in [1.807, 2.05) is 17.6 Å². The molecule has 2 aromatic heterocycles. The molecule has 0 radical (unpaired) electrons. The third kappa shape index (κ3) is 4.56. The van der Waals surface area contributed by atoms with Crippen molar-refractivity contribution in [2.24, 2.45) is 0 Å². The molecule has 53 heavy (non-hydrogen) atoms. The Morgan fingerprint density at radius 2 is 1.08 bits per heavy atom. The Labute approximate surface area is 311 Å². The molecule has 2 heterocycles. The first-order chi connectivity index (χ1) is 26.1. The van der Waals surface area contributed by atoms with Gasteiger partial charge in [-0.3, -0.25) is 0 Å². The summed E-state index contributed by atoms with van der Waals surface area (Å²) < 4.78 is 9.01. The van der Waals surface area contributed by atoms with E-state index in [2.05, 4.69) is 172 Å². The first-order valence-corrected chi connectivity index (χ1v) is 19.3. The molecule has 0 fully saturated rings. The minimum atomic E-state index is 0.302. The highest BCUT2D eigenvalue weighted by Crippen LogP contribution is 2.49. The first kappa shape index (κ1) is 30.4. The van der Waals surface area contributed by atoms with Crippen LogP contribution in [0.1, 0.15) is 25.3 Å². The average molecular weight is 695 g/mol. The highest BCUT2D eigenvalue weighted by molar-refractivity contribution is 7.26. The third-order valence-corrected chi connectivity index (χ3v) is 12.3. The summed E-state index contributed by atoms with van der Waals surface area (Å²) in [4.78, 5) is 0. The predicted molar refractivity (Wildman–Crippen MR) is 230 cm³/mol. The fourth-order valence-corrected chi connectivity index (χ4v) is 10.1. The van der Waals surface area contributed by atoms with Gasteiger partial charge in [0.05, 0.1) is 6.26 Å². The summed E-state index contributed by atoms with van der Waals surface area (Å²) in [5, 5.41) is 13.9. The highest BCUT2D eigenvalue weighted by Gasteiger charge is 2.22. The molecule has 9 aromatic carbocycles. The van der Waals surface area contributed by atoms with Crippen LogP contribution in [0.5, 0.6) is 0 Å². The Kier molecular flexibility index (Phi) is 6.68. The van der Waals surface area contributed by atoms with Gasteiger partial charge in [0.15, 0.2) is 0 Å². The molecule has 1 nitrogen and oxygen atoms in total. The third-order valence-electron chi connectivity index (χ3n) is 11.2. The average Bonchev–Trinajstić information content (AvgIpc) is 3.79. The van der Waals surface area contributed by atoms with Crippen LogP contribution in [0, 0.1) is 0 Å². The van der Waals surface area contributed by atoms with E-state index in [4.69, 9.17) is 4.42 Å². The van der Waals surface area contributed by atoms with E-state index in [0.717, 1.165) is 11.1 Å². The lowest BCUT2D eigenvalue weighted by molar-refractivity contribution is 0.609. The summed E-state index contributed by atoms with van der Waals surface area (Å²) in [6.07, 6.45) is 1.94. The Morgan fingerprint density at radius 1 is 0.434 bits per heavy atom. The molecule has 11 aromatic rings. The van der Waals surface area contributed by atoms with Gasteiger partial charge in [-0.15, -0.1) is 11.3 Å². The van der Waals surface area contributed by atoms with Crippen molar-refractivity contribution in [3.8, 4) is 33.4 Å². The maximum absolute atomic E-state index is 6.36. The van der Waals surface area contributed by atoms with Crippen LogP contribution in [-0.2, 0) is 0 Å². The number of hydrogen-bond acceptors (Lipinski definition) is 2. The summed E-state index contributed by atoms with van der Waals surface area (Å²) in [6.45, 7) is 4.54. The molecule has 250 valence electrons. The van der Waals surface area contributed by atoms with Crippen LogP contribution in [0.3, 0.4) is 0 Å². The molecule has 0 aliphatic rings. The normalized spacial score (nSPS) is 12.1. The lowest BCUT2D eigenvalue weighted by atomic mass is 9.84. The number of benzene rings is 9. The van der Waals surface area contributed by atoms with Crippen molar-refractivity contribution in [2.75, 3.05) is 0 Å². The van der Waals surface area contributed by atoms with E-state index in [0.29, 0.717) is 5.92 Å². The van der Waals surface area contributed by atoms with Gasteiger partial charge in [0, 0.05) is 36.7 Å². The second-order valence-corrected chi connectivity index (χ2v) is 15.7. The molecule has 0 amide bonds. The van der Waals surface area contributed by atoms with E-state index in [1.54, 1.807) is 0 Å². The fourth-order valence-electron chi connectivity index (χ4n) is 8.94. The van der Waals surface area contributed by atoms with Gasteiger partial charge in [-0.2, -0.15) is 0 Å². The Hall–Kier alpha value is -6.22. The zero-order chi connectivity index (χ0) is 35.2. The van der Waals surface area contributed by atoms with Gasteiger partial charge in [0.1, 0.15) is 5.58 Å². The molecule has 0 saturated carbocycles. The second-order valence-electron chi connectivity index (χ2n) is 14.6. The molecule has 0 bridgehead atoms. The van der Waals surface area contributed by atoms with Crippen LogP contribution in [0.2, 0.25) is 0 Å². The van der Waals surface area contributed by atoms with Crippen LogP contribution < -0.4 is 0 Å². The molecule has 0 spiro atoms. The van der Waals surface area contributed by atoms with Crippen molar-refractivity contribution in [2.45, 2.75) is 19.8 Å². The van der Waals surface area contributed by atoms with Crippen molar-refractivity contribution in [1.82, 2.24) is 0 Å². The molecule has 0 saturated heterocycles. The van der Waals surface area contributed by atoms with Gasteiger partial charge in [0.25, 0.3) is 0 Å². The minimum absolute atomic E-state index is 0.302. The zero-order valence-corrected chi connectivity index (χ0v) is 30.3.